The van der Waals surface area contributed by atoms with E-state index in [1.165, 1.54) is 45.8 Å². The minimum absolute atomic E-state index is 0.224. The summed E-state index contributed by atoms with van der Waals surface area (Å²) in [6.07, 6.45) is -2.69. The third-order valence-electron chi connectivity index (χ3n) is 5.53. The Bertz CT molecular complexity index is 1590. The molecule has 212 valence electrons. The number of hydrogen-bond donors (Lipinski definition) is 3. The van der Waals surface area contributed by atoms with Gasteiger partial charge in [0.2, 0.25) is 5.88 Å². The fourth-order valence-corrected chi connectivity index (χ4v) is 3.63. The van der Waals surface area contributed by atoms with Crippen molar-refractivity contribution >= 4 is 34.1 Å². The van der Waals surface area contributed by atoms with Crippen molar-refractivity contribution in [2.45, 2.75) is 6.18 Å². The second-order valence-corrected chi connectivity index (χ2v) is 8.27. The second kappa shape index (κ2) is 12.7. The highest BCUT2D eigenvalue weighted by Gasteiger charge is 2.34. The third kappa shape index (κ3) is 7.41. The van der Waals surface area contributed by atoms with Crippen molar-refractivity contribution < 1.29 is 32.2 Å². The Balaban J connectivity index is 1.49. The highest BCUT2D eigenvalue weighted by molar-refractivity contribution is 6.08. The Morgan fingerprint density at radius 3 is 2.29 bits per heavy atom. The predicted molar refractivity (Wildman–Crippen MR) is 149 cm³/mol. The molecule has 4 aromatic rings. The zero-order valence-electron chi connectivity index (χ0n) is 22.1. The van der Waals surface area contributed by atoms with Crippen molar-refractivity contribution in [3.63, 3.8) is 0 Å². The van der Waals surface area contributed by atoms with Gasteiger partial charge in [-0.2, -0.15) is 13.2 Å². The lowest BCUT2D eigenvalue weighted by Crippen LogP contribution is -2.34. The van der Waals surface area contributed by atoms with Crippen LogP contribution in [-0.2, 0) is 0 Å². The maximum Gasteiger partial charge on any atom is 0.431 e. The first-order valence-corrected chi connectivity index (χ1v) is 12.0. The molecule has 3 aromatic carbocycles. The maximum atomic E-state index is 13.6. The van der Waals surface area contributed by atoms with E-state index in [0.717, 1.165) is 0 Å². The molecular formula is C28H25F3N6O4. The van der Waals surface area contributed by atoms with Gasteiger partial charge in [-0.25, -0.2) is 14.8 Å². The van der Waals surface area contributed by atoms with Crippen LogP contribution in [-0.4, -0.2) is 49.3 Å². The largest absolute Gasteiger partial charge is 0.493 e. The fourth-order valence-electron chi connectivity index (χ4n) is 3.63. The number of anilines is 2. The van der Waals surface area contributed by atoms with Crippen molar-refractivity contribution in [2.75, 3.05) is 31.9 Å². The van der Waals surface area contributed by atoms with E-state index in [9.17, 15) is 18.0 Å². The minimum atomic E-state index is -4.73. The zero-order valence-corrected chi connectivity index (χ0v) is 22.1. The summed E-state index contributed by atoms with van der Waals surface area (Å²) >= 11 is 0. The van der Waals surface area contributed by atoms with Crippen LogP contribution in [0.15, 0.2) is 89.8 Å². The number of alkyl halides is 3. The van der Waals surface area contributed by atoms with Crippen LogP contribution in [0, 0.1) is 0 Å². The van der Waals surface area contributed by atoms with E-state index in [2.05, 4.69) is 30.9 Å². The number of aromatic nitrogens is 2. The van der Waals surface area contributed by atoms with Gasteiger partial charge in [-0.3, -0.25) is 10.3 Å². The number of allylic oxidation sites excluding steroid dienone is 1. The van der Waals surface area contributed by atoms with Gasteiger partial charge in [0, 0.05) is 36.6 Å². The van der Waals surface area contributed by atoms with Crippen LogP contribution in [0.25, 0.3) is 10.9 Å². The second-order valence-electron chi connectivity index (χ2n) is 8.27. The van der Waals surface area contributed by atoms with Crippen LogP contribution in [0.1, 0.15) is 0 Å². The highest BCUT2D eigenvalue weighted by Crippen LogP contribution is 2.36. The number of halogens is 3. The number of para-hydroxylation sites is 1. The van der Waals surface area contributed by atoms with E-state index in [4.69, 9.17) is 14.2 Å². The summed E-state index contributed by atoms with van der Waals surface area (Å²) < 4.78 is 57.5. The summed E-state index contributed by atoms with van der Waals surface area (Å²) in [5.74, 6) is 1.19. The van der Waals surface area contributed by atoms with Crippen LogP contribution in [0.2, 0.25) is 0 Å². The highest BCUT2D eigenvalue weighted by atomic mass is 19.4. The molecule has 0 spiro atoms. The van der Waals surface area contributed by atoms with Crippen LogP contribution >= 0.6 is 0 Å². The van der Waals surface area contributed by atoms with Crippen molar-refractivity contribution in [1.29, 1.82) is 0 Å². The summed E-state index contributed by atoms with van der Waals surface area (Å²) in [5.41, 5.74) is -0.0237. The SMILES string of the molecule is CN=C(C=C(Nc1ccccc1)C(F)(F)F)NC(=O)Nc1cccc(Oc2ncnc3cc(OC)c(OC)cc23)c1. The van der Waals surface area contributed by atoms with Gasteiger partial charge in [0.15, 0.2) is 11.5 Å². The van der Waals surface area contributed by atoms with Crippen molar-refractivity contribution in [3.05, 3.63) is 84.8 Å². The topological polar surface area (TPSA) is 119 Å². The number of ether oxygens (including phenoxy) is 3. The Kier molecular flexibility index (Phi) is 8.87. The molecule has 0 aliphatic carbocycles. The first-order chi connectivity index (χ1) is 19.7. The number of nitrogens with zero attached hydrogens (tertiary/aromatic N) is 3. The summed E-state index contributed by atoms with van der Waals surface area (Å²) in [5, 5.41) is 7.73. The molecule has 0 saturated carbocycles. The molecular weight excluding hydrogens is 541 g/mol. The molecule has 1 aromatic heterocycles. The number of amides is 2. The standard InChI is InChI=1S/C28H25F3N6O4/c1-32-25(15-24(28(29,30)31)35-17-8-5-4-6-9-17)37-27(38)36-18-10-7-11-19(12-18)41-26-20-13-22(39-2)23(40-3)14-21(20)33-16-34-26/h4-16,35H,1-3H3,(H2,32,36,37,38). The van der Waals surface area contributed by atoms with Crippen LogP contribution in [0.3, 0.4) is 0 Å². The number of fused-ring (bicyclic) bond motifs is 1. The molecule has 1 heterocycles. The first-order valence-electron chi connectivity index (χ1n) is 12.0. The summed E-state index contributed by atoms with van der Waals surface area (Å²) in [4.78, 5) is 24.8. The predicted octanol–water partition coefficient (Wildman–Crippen LogP) is 6.15. The molecule has 10 nitrogen and oxygen atoms in total. The van der Waals surface area contributed by atoms with Gasteiger partial charge in [0.05, 0.1) is 25.1 Å². The Hall–Kier alpha value is -5.33. The normalized spacial score (nSPS) is 12.0. The Morgan fingerprint density at radius 2 is 1.61 bits per heavy atom. The third-order valence-corrected chi connectivity index (χ3v) is 5.53. The van der Waals surface area contributed by atoms with E-state index in [1.807, 2.05) is 0 Å². The molecule has 0 radical (unpaired) electrons. The summed E-state index contributed by atoms with van der Waals surface area (Å²) in [6, 6.07) is 16.7. The minimum Gasteiger partial charge on any atom is -0.493 e. The average Bonchev–Trinajstić information content (AvgIpc) is 2.96. The molecule has 2 amide bonds. The molecule has 0 unspecified atom stereocenters. The van der Waals surface area contributed by atoms with Gasteiger partial charge in [-0.1, -0.05) is 24.3 Å². The van der Waals surface area contributed by atoms with E-state index < -0.39 is 17.9 Å². The molecule has 4 rings (SSSR count). The lowest BCUT2D eigenvalue weighted by atomic mass is 10.2. The van der Waals surface area contributed by atoms with Crippen molar-refractivity contribution in [1.82, 2.24) is 15.3 Å². The van der Waals surface area contributed by atoms with E-state index in [0.29, 0.717) is 39.9 Å². The van der Waals surface area contributed by atoms with Gasteiger partial charge in [-0.05, 0) is 30.3 Å². The number of nitrogens with one attached hydrogen (secondary N) is 3. The van der Waals surface area contributed by atoms with E-state index in [-0.39, 0.29) is 17.4 Å². The molecule has 0 saturated heterocycles. The molecule has 0 aliphatic rings. The Labute approximate surface area is 232 Å². The van der Waals surface area contributed by atoms with Gasteiger partial charge >= 0.3 is 12.2 Å². The summed E-state index contributed by atoms with van der Waals surface area (Å²) in [6.45, 7) is 0. The monoisotopic (exact) mass is 566 g/mol. The number of methoxy groups -OCH3 is 2. The van der Waals surface area contributed by atoms with Gasteiger partial charge in [0.25, 0.3) is 0 Å². The number of carbonyl (C=O) groups excluding carboxylic acids is 1. The fraction of sp³-hybridized carbons (Fsp3) is 0.143. The number of carbonyl (C=O) groups is 1. The number of amidine groups is 1. The van der Waals surface area contributed by atoms with Crippen LogP contribution in [0.5, 0.6) is 23.1 Å². The first kappa shape index (κ1) is 28.7. The molecule has 0 fully saturated rings. The zero-order chi connectivity index (χ0) is 29.4. The average molecular weight is 567 g/mol. The van der Waals surface area contributed by atoms with E-state index >= 15 is 0 Å². The lowest BCUT2D eigenvalue weighted by molar-refractivity contribution is -0.0901. The molecule has 13 heteroatoms. The van der Waals surface area contributed by atoms with Crippen molar-refractivity contribution in [3.8, 4) is 23.1 Å². The van der Waals surface area contributed by atoms with Crippen LogP contribution in [0.4, 0.5) is 29.3 Å². The molecule has 3 N–H and O–H groups in total. The number of rotatable bonds is 8. The van der Waals surface area contributed by atoms with Gasteiger partial charge in [-0.15, -0.1) is 0 Å². The molecule has 0 aliphatic heterocycles. The molecule has 0 bridgehead atoms. The van der Waals surface area contributed by atoms with Crippen molar-refractivity contribution in [2.24, 2.45) is 4.99 Å². The Morgan fingerprint density at radius 1 is 0.902 bits per heavy atom. The quantitative estimate of drug-likeness (QED) is 0.173. The molecule has 41 heavy (non-hydrogen) atoms. The lowest BCUT2D eigenvalue weighted by Gasteiger charge is -2.15. The number of benzene rings is 3. The number of urea groups is 1. The van der Waals surface area contributed by atoms with Crippen LogP contribution < -0.4 is 30.2 Å². The maximum absolute atomic E-state index is 13.6. The summed E-state index contributed by atoms with van der Waals surface area (Å²) in [7, 11) is 4.27. The molecule has 0 atom stereocenters. The van der Waals surface area contributed by atoms with Gasteiger partial charge in [0.1, 0.15) is 23.6 Å². The van der Waals surface area contributed by atoms with Gasteiger partial charge < -0.3 is 24.8 Å². The number of aliphatic imine (C=N–C) groups is 1. The smallest absolute Gasteiger partial charge is 0.431 e. The number of hydrogen-bond acceptors (Lipinski definition) is 8. The van der Waals surface area contributed by atoms with E-state index in [1.54, 1.807) is 48.5 Å².